The number of anilines is 1. The van der Waals surface area contributed by atoms with Crippen LogP contribution in [0.15, 0.2) is 48.5 Å². The summed E-state index contributed by atoms with van der Waals surface area (Å²) in [5, 5.41) is 0. The van der Waals surface area contributed by atoms with Gasteiger partial charge in [-0.05, 0) is 25.5 Å². The van der Waals surface area contributed by atoms with E-state index in [1.165, 1.54) is 28.2 Å². The van der Waals surface area contributed by atoms with Crippen molar-refractivity contribution >= 4 is 17.1 Å². The Kier molecular flexibility index (Phi) is 6.98. The summed E-state index contributed by atoms with van der Waals surface area (Å²) in [5.41, 5.74) is 7.41. The molecule has 1 atom stereocenters. The molecule has 4 rings (SSSR count). The van der Waals surface area contributed by atoms with E-state index in [4.69, 9.17) is 0 Å². The molecule has 2 aliphatic heterocycles. The van der Waals surface area contributed by atoms with E-state index in [0.717, 1.165) is 6.42 Å². The number of hydrogen-bond donors (Lipinski definition) is 0. The topological polar surface area (TPSA) is 6.25 Å². The summed E-state index contributed by atoms with van der Waals surface area (Å²) in [6.07, 6.45) is 1.08. The second-order valence-electron chi connectivity index (χ2n) is 8.72. The molecule has 0 saturated heterocycles. The molecule has 2 nitrogen and oxygen atoms in total. The molecule has 2 aromatic carbocycles. The maximum absolute atomic E-state index is 2.50. The van der Waals surface area contributed by atoms with Crippen LogP contribution in [-0.4, -0.2) is 30.4 Å². The van der Waals surface area contributed by atoms with Gasteiger partial charge in [-0.3, -0.25) is 0 Å². The van der Waals surface area contributed by atoms with Gasteiger partial charge in [0.25, 0.3) is 0 Å². The first-order chi connectivity index (χ1) is 13.8. The van der Waals surface area contributed by atoms with E-state index in [2.05, 4.69) is 99.8 Å². The Bertz CT molecular complexity index is 874. The van der Waals surface area contributed by atoms with Crippen LogP contribution in [0, 0.1) is 0 Å². The summed E-state index contributed by atoms with van der Waals surface area (Å²) < 4.78 is 2.43. The Morgan fingerprint density at radius 3 is 1.90 bits per heavy atom. The number of para-hydroxylation sites is 2. The van der Waals surface area contributed by atoms with Crippen LogP contribution in [0.5, 0.6) is 0 Å². The van der Waals surface area contributed by atoms with Gasteiger partial charge in [0.05, 0.1) is 11.8 Å². The first-order valence-corrected chi connectivity index (χ1v) is 11.3. The molecule has 0 fully saturated rings. The molecule has 0 aromatic heterocycles. The maximum atomic E-state index is 2.50. The predicted molar refractivity (Wildman–Crippen MR) is 129 cm³/mol. The molecule has 158 valence electrons. The normalized spacial score (nSPS) is 20.2. The van der Waals surface area contributed by atoms with Crippen LogP contribution >= 0.6 is 0 Å². The largest absolute Gasteiger partial charge is 0.370 e. The standard InChI is InChI=1S/C23H29N2.2C2H6/c1-22(2)16-11-7-9-13-18(16)24(5)20(22)15-21-23(3,4)17-12-8-10-14-19(17)25(21)6;2*1-2/h7-14,20H,15H2,1-6H3;2*1-2H3/q+1;;. The van der Waals surface area contributed by atoms with Crippen molar-refractivity contribution in [1.29, 1.82) is 0 Å². The number of nitrogens with zero attached hydrogens (tertiary/aromatic N) is 2. The van der Waals surface area contributed by atoms with Crippen LogP contribution in [-0.2, 0) is 10.8 Å². The van der Waals surface area contributed by atoms with Gasteiger partial charge in [-0.1, -0.05) is 77.9 Å². The zero-order chi connectivity index (χ0) is 22.0. The molecule has 2 aromatic rings. The van der Waals surface area contributed by atoms with Crippen LogP contribution in [0.25, 0.3) is 0 Å². The number of benzene rings is 2. The summed E-state index contributed by atoms with van der Waals surface area (Å²) in [6.45, 7) is 17.5. The highest BCUT2D eigenvalue weighted by Crippen LogP contribution is 2.48. The van der Waals surface area contributed by atoms with Crippen molar-refractivity contribution in [1.82, 2.24) is 0 Å². The molecular formula is C27H41N2+. The Morgan fingerprint density at radius 2 is 1.34 bits per heavy atom. The average molecular weight is 394 g/mol. The van der Waals surface area contributed by atoms with E-state index in [1.807, 2.05) is 27.7 Å². The van der Waals surface area contributed by atoms with Crippen LogP contribution in [0.1, 0.15) is 72.9 Å². The predicted octanol–water partition coefficient (Wildman–Crippen LogP) is 6.93. The summed E-state index contributed by atoms with van der Waals surface area (Å²) >= 11 is 0. The van der Waals surface area contributed by atoms with Crippen molar-refractivity contribution < 1.29 is 4.58 Å². The minimum atomic E-state index is 0.0804. The third kappa shape index (κ3) is 3.63. The third-order valence-corrected chi connectivity index (χ3v) is 6.73. The fourth-order valence-electron chi connectivity index (χ4n) is 5.14. The van der Waals surface area contributed by atoms with Gasteiger partial charge in [0.1, 0.15) is 7.05 Å². The molecule has 0 bridgehead atoms. The highest BCUT2D eigenvalue weighted by Gasteiger charge is 2.50. The maximum Gasteiger partial charge on any atom is 0.209 e. The highest BCUT2D eigenvalue weighted by molar-refractivity contribution is 5.96. The van der Waals surface area contributed by atoms with Gasteiger partial charge >= 0.3 is 0 Å². The van der Waals surface area contributed by atoms with Crippen molar-refractivity contribution in [2.75, 3.05) is 19.0 Å². The highest BCUT2D eigenvalue weighted by atomic mass is 15.2. The molecule has 2 aliphatic rings. The first-order valence-electron chi connectivity index (χ1n) is 11.3. The summed E-state index contributed by atoms with van der Waals surface area (Å²) in [4.78, 5) is 2.50. The number of hydrogen-bond acceptors (Lipinski definition) is 1. The second kappa shape index (κ2) is 8.73. The zero-order valence-corrected chi connectivity index (χ0v) is 20.3. The number of fused-ring (bicyclic) bond motifs is 2. The van der Waals surface area contributed by atoms with Crippen molar-refractivity contribution in [2.45, 2.75) is 78.7 Å². The monoisotopic (exact) mass is 393 g/mol. The molecule has 1 unspecified atom stereocenters. The summed E-state index contributed by atoms with van der Waals surface area (Å²) in [6, 6.07) is 18.2. The number of rotatable bonds is 2. The van der Waals surface area contributed by atoms with E-state index in [9.17, 15) is 0 Å². The Morgan fingerprint density at radius 1 is 0.828 bits per heavy atom. The molecule has 2 heterocycles. The van der Waals surface area contributed by atoms with E-state index in [-0.39, 0.29) is 10.8 Å². The van der Waals surface area contributed by atoms with Gasteiger partial charge in [-0.25, -0.2) is 4.58 Å². The molecule has 0 aliphatic carbocycles. The summed E-state index contributed by atoms with van der Waals surface area (Å²) in [5.74, 6) is 0. The molecular weight excluding hydrogens is 352 g/mol. The molecule has 0 radical (unpaired) electrons. The van der Waals surface area contributed by atoms with Gasteiger partial charge < -0.3 is 4.90 Å². The SMILES string of the molecule is CC.CC.CN1c2ccccc2C(C)(C)C1CC1=[N+](C)c2ccccc2C1(C)C. The molecule has 0 saturated carbocycles. The van der Waals surface area contributed by atoms with Crippen molar-refractivity contribution in [3.8, 4) is 0 Å². The van der Waals surface area contributed by atoms with Crippen molar-refractivity contribution in [3.05, 3.63) is 59.7 Å². The molecule has 0 spiro atoms. The lowest BCUT2D eigenvalue weighted by Gasteiger charge is -2.33. The van der Waals surface area contributed by atoms with Gasteiger partial charge in [-0.2, -0.15) is 0 Å². The third-order valence-electron chi connectivity index (χ3n) is 6.73. The molecule has 0 N–H and O–H groups in total. The zero-order valence-electron chi connectivity index (χ0n) is 20.3. The van der Waals surface area contributed by atoms with Gasteiger partial charge in [0.2, 0.25) is 5.69 Å². The van der Waals surface area contributed by atoms with Gasteiger partial charge in [0, 0.05) is 35.8 Å². The lowest BCUT2D eigenvalue weighted by atomic mass is 9.74. The fourth-order valence-corrected chi connectivity index (χ4v) is 5.14. The van der Waals surface area contributed by atoms with Crippen LogP contribution < -0.4 is 4.90 Å². The second-order valence-corrected chi connectivity index (χ2v) is 8.72. The van der Waals surface area contributed by atoms with Crippen LogP contribution in [0.4, 0.5) is 11.4 Å². The van der Waals surface area contributed by atoms with Crippen LogP contribution in [0.3, 0.4) is 0 Å². The minimum Gasteiger partial charge on any atom is -0.370 e. The first kappa shape index (κ1) is 23.2. The van der Waals surface area contributed by atoms with Crippen LogP contribution in [0.2, 0.25) is 0 Å². The molecule has 29 heavy (non-hydrogen) atoms. The number of likely N-dealkylation sites (N-methyl/N-ethyl adjacent to an activating group) is 1. The Balaban J connectivity index is 0.000000707. The average Bonchev–Trinajstić information content (AvgIpc) is 3.06. The quantitative estimate of drug-likeness (QED) is 0.501. The summed E-state index contributed by atoms with van der Waals surface area (Å²) in [7, 11) is 4.49. The van der Waals surface area contributed by atoms with Crippen molar-refractivity contribution in [2.24, 2.45) is 0 Å². The fraction of sp³-hybridized carbons (Fsp3) is 0.519. The molecule has 2 heteroatoms. The van der Waals surface area contributed by atoms with E-state index in [1.54, 1.807) is 0 Å². The van der Waals surface area contributed by atoms with Gasteiger partial charge in [0.15, 0.2) is 5.71 Å². The van der Waals surface area contributed by atoms with Crippen molar-refractivity contribution in [3.63, 3.8) is 0 Å². The van der Waals surface area contributed by atoms with E-state index in [0.29, 0.717) is 6.04 Å². The Hall–Kier alpha value is -2.09. The van der Waals surface area contributed by atoms with E-state index >= 15 is 0 Å². The van der Waals surface area contributed by atoms with E-state index < -0.39 is 0 Å². The van der Waals surface area contributed by atoms with Gasteiger partial charge in [-0.15, -0.1) is 0 Å². The Labute approximate surface area is 179 Å². The minimum absolute atomic E-state index is 0.0804. The molecule has 0 amide bonds. The lowest BCUT2D eigenvalue weighted by molar-refractivity contribution is -0.404. The lowest BCUT2D eigenvalue weighted by Crippen LogP contribution is -2.44. The smallest absolute Gasteiger partial charge is 0.209 e.